The molecule has 3 unspecified atom stereocenters. The van der Waals surface area contributed by atoms with Crippen LogP contribution in [0.2, 0.25) is 0 Å². The molecule has 0 radical (unpaired) electrons. The highest BCUT2D eigenvalue weighted by molar-refractivity contribution is 7.91. The Morgan fingerprint density at radius 3 is 2.00 bits per heavy atom. The van der Waals surface area contributed by atoms with Crippen molar-refractivity contribution in [2.45, 2.75) is 62.9 Å². The molecule has 228 valence electrons. The van der Waals surface area contributed by atoms with Gasteiger partial charge in [0.25, 0.3) is 0 Å². The van der Waals surface area contributed by atoms with Crippen LogP contribution >= 0.6 is 0 Å². The third-order valence-electron chi connectivity index (χ3n) is 6.98. The van der Waals surface area contributed by atoms with Crippen molar-refractivity contribution < 1.29 is 41.9 Å². The van der Waals surface area contributed by atoms with Gasteiger partial charge in [-0.1, -0.05) is 37.3 Å². The minimum atomic E-state index is -3.93. The maximum absolute atomic E-state index is 13.5. The highest BCUT2D eigenvalue weighted by Gasteiger charge is 2.33. The molecule has 1 heterocycles. The summed E-state index contributed by atoms with van der Waals surface area (Å²) >= 11 is 0. The van der Waals surface area contributed by atoms with Gasteiger partial charge in [0.05, 0.1) is 52.0 Å². The van der Waals surface area contributed by atoms with E-state index in [4.69, 9.17) is 28.4 Å². The maximum atomic E-state index is 13.5. The van der Waals surface area contributed by atoms with E-state index in [0.717, 1.165) is 11.1 Å². The van der Waals surface area contributed by atoms with Gasteiger partial charge in [0, 0.05) is 0 Å². The van der Waals surface area contributed by atoms with Crippen LogP contribution < -0.4 is 23.7 Å². The number of hydrogen-bond donors (Lipinski definition) is 1. The Morgan fingerprint density at radius 1 is 0.857 bits per heavy atom. The number of hydrogen-bond acceptors (Lipinski definition) is 9. The summed E-state index contributed by atoms with van der Waals surface area (Å²) in [7, 11) is 0.752. The summed E-state index contributed by atoms with van der Waals surface area (Å²) < 4.78 is 62.3. The van der Waals surface area contributed by atoms with Gasteiger partial charge in [0.15, 0.2) is 32.8 Å². The Kier molecular flexibility index (Phi) is 10.6. The quantitative estimate of drug-likeness (QED) is 0.244. The van der Waals surface area contributed by atoms with Crippen LogP contribution in [0.4, 0.5) is 0 Å². The summed E-state index contributed by atoms with van der Waals surface area (Å²) in [6, 6.07) is 16.7. The maximum Gasteiger partial charge on any atom is 0.203 e. The second-order valence-corrected chi connectivity index (χ2v) is 12.3. The second kappa shape index (κ2) is 14.1. The van der Waals surface area contributed by atoms with E-state index >= 15 is 0 Å². The SMILES string of the molecule is CCCOc1c(OCc2ccccc2)cc(C2CCC(c3cc(OC)c(OC)c(OC)c3)O2)cc1S(=O)(=O)CC(C)O. The zero-order valence-electron chi connectivity index (χ0n) is 24.8. The molecule has 4 rings (SSSR count). The Balaban J connectivity index is 1.73. The smallest absolute Gasteiger partial charge is 0.203 e. The Morgan fingerprint density at radius 2 is 1.45 bits per heavy atom. The summed E-state index contributed by atoms with van der Waals surface area (Å²) in [5.74, 6) is 1.56. The van der Waals surface area contributed by atoms with Crippen LogP contribution in [0.1, 0.15) is 62.0 Å². The van der Waals surface area contributed by atoms with Gasteiger partial charge in [-0.3, -0.25) is 0 Å². The van der Waals surface area contributed by atoms with Crippen molar-refractivity contribution >= 4 is 9.84 Å². The predicted octanol–water partition coefficient (Wildman–Crippen LogP) is 5.83. The molecule has 3 aromatic carbocycles. The lowest BCUT2D eigenvalue weighted by Crippen LogP contribution is -2.19. The summed E-state index contributed by atoms with van der Waals surface area (Å²) in [5.41, 5.74) is 2.44. The molecular formula is C32H40O9S. The molecule has 0 amide bonds. The van der Waals surface area contributed by atoms with Gasteiger partial charge in [-0.2, -0.15) is 0 Å². The summed E-state index contributed by atoms with van der Waals surface area (Å²) in [5, 5.41) is 10.00. The monoisotopic (exact) mass is 600 g/mol. The molecule has 1 saturated heterocycles. The summed E-state index contributed by atoms with van der Waals surface area (Å²) in [4.78, 5) is -0.0164. The van der Waals surface area contributed by atoms with Gasteiger partial charge in [0.2, 0.25) is 5.75 Å². The minimum absolute atomic E-state index is 0.0164. The third kappa shape index (κ3) is 7.29. The fraction of sp³-hybridized carbons (Fsp3) is 0.438. The molecule has 3 aromatic rings. The molecule has 0 aliphatic carbocycles. The van der Waals surface area contributed by atoms with Crippen LogP contribution in [0.3, 0.4) is 0 Å². The average Bonchev–Trinajstić information content (AvgIpc) is 3.48. The summed E-state index contributed by atoms with van der Waals surface area (Å²) in [6.45, 7) is 3.92. The van der Waals surface area contributed by atoms with Crippen LogP contribution in [0.25, 0.3) is 0 Å². The molecule has 42 heavy (non-hydrogen) atoms. The van der Waals surface area contributed by atoms with Gasteiger partial charge in [-0.05, 0) is 67.1 Å². The number of benzene rings is 3. The normalized spacial score (nSPS) is 17.5. The predicted molar refractivity (Wildman–Crippen MR) is 159 cm³/mol. The molecule has 3 atom stereocenters. The second-order valence-electron chi connectivity index (χ2n) is 10.2. The van der Waals surface area contributed by atoms with Crippen LogP contribution in [0, 0.1) is 0 Å². The topological polar surface area (TPSA) is 110 Å². The van der Waals surface area contributed by atoms with Crippen molar-refractivity contribution in [2.24, 2.45) is 0 Å². The van der Waals surface area contributed by atoms with E-state index in [-0.39, 0.29) is 23.4 Å². The van der Waals surface area contributed by atoms with Crippen LogP contribution in [0.5, 0.6) is 28.7 Å². The zero-order chi connectivity index (χ0) is 30.3. The van der Waals surface area contributed by atoms with E-state index < -0.39 is 27.8 Å². The van der Waals surface area contributed by atoms with Crippen molar-refractivity contribution in [3.8, 4) is 28.7 Å². The van der Waals surface area contributed by atoms with Crippen molar-refractivity contribution in [1.29, 1.82) is 0 Å². The Labute approximate surface area is 248 Å². The van der Waals surface area contributed by atoms with E-state index in [1.807, 2.05) is 49.4 Å². The highest BCUT2D eigenvalue weighted by Crippen LogP contribution is 2.48. The van der Waals surface area contributed by atoms with Gasteiger partial charge in [-0.15, -0.1) is 0 Å². The average molecular weight is 601 g/mol. The van der Waals surface area contributed by atoms with E-state index in [1.165, 1.54) is 6.92 Å². The number of aliphatic hydroxyl groups excluding tert-OH is 1. The fourth-order valence-corrected chi connectivity index (χ4v) is 6.60. The molecule has 9 nitrogen and oxygen atoms in total. The Bertz CT molecular complexity index is 1410. The zero-order valence-corrected chi connectivity index (χ0v) is 25.6. The standard InChI is InChI=1S/C32H40O9S/c1-6-14-39-32-29(40-19-22-10-8-7-9-11-22)17-24(18-30(32)42(34,35)20-21(2)33)26-13-12-25(41-26)23-15-27(36-3)31(38-5)28(16-23)37-4/h7-11,15-18,21,25-26,33H,6,12-14,19-20H2,1-5H3. The molecule has 1 fully saturated rings. The van der Waals surface area contributed by atoms with Crippen LogP contribution in [-0.2, 0) is 21.2 Å². The first-order valence-corrected chi connectivity index (χ1v) is 15.7. The van der Waals surface area contributed by atoms with Crippen molar-refractivity contribution in [3.05, 3.63) is 71.3 Å². The van der Waals surface area contributed by atoms with E-state index in [2.05, 4.69) is 0 Å². The van der Waals surface area contributed by atoms with Crippen LogP contribution in [-0.4, -0.2) is 53.3 Å². The molecule has 1 aliphatic heterocycles. The molecular weight excluding hydrogens is 560 g/mol. The first-order valence-electron chi connectivity index (χ1n) is 14.0. The molecule has 0 bridgehead atoms. The number of rotatable bonds is 14. The van der Waals surface area contributed by atoms with Crippen molar-refractivity contribution in [3.63, 3.8) is 0 Å². The van der Waals surface area contributed by atoms with Gasteiger partial charge >= 0.3 is 0 Å². The molecule has 1 N–H and O–H groups in total. The lowest BCUT2D eigenvalue weighted by atomic mass is 10.0. The number of sulfone groups is 1. The van der Waals surface area contributed by atoms with E-state index in [9.17, 15) is 13.5 Å². The van der Waals surface area contributed by atoms with E-state index in [1.54, 1.807) is 33.5 Å². The van der Waals surface area contributed by atoms with Gasteiger partial charge in [-0.25, -0.2) is 8.42 Å². The van der Waals surface area contributed by atoms with Crippen molar-refractivity contribution in [1.82, 2.24) is 0 Å². The fourth-order valence-electron chi connectivity index (χ4n) is 5.02. The lowest BCUT2D eigenvalue weighted by molar-refractivity contribution is 0.0434. The molecule has 10 heteroatoms. The molecule has 0 aromatic heterocycles. The first kappa shape index (κ1) is 31.5. The summed E-state index contributed by atoms with van der Waals surface area (Å²) in [6.07, 6.45) is 0.258. The number of ether oxygens (including phenoxy) is 6. The minimum Gasteiger partial charge on any atom is -0.493 e. The lowest BCUT2D eigenvalue weighted by Gasteiger charge is -2.21. The molecule has 0 spiro atoms. The first-order chi connectivity index (χ1) is 20.2. The molecule has 0 saturated carbocycles. The van der Waals surface area contributed by atoms with E-state index in [0.29, 0.717) is 54.4 Å². The van der Waals surface area contributed by atoms with Crippen LogP contribution in [0.15, 0.2) is 59.5 Å². The number of methoxy groups -OCH3 is 3. The van der Waals surface area contributed by atoms with Gasteiger partial charge < -0.3 is 33.5 Å². The molecule has 1 aliphatic rings. The van der Waals surface area contributed by atoms with Crippen molar-refractivity contribution in [2.75, 3.05) is 33.7 Å². The number of aliphatic hydroxyl groups is 1. The largest absolute Gasteiger partial charge is 0.493 e. The highest BCUT2D eigenvalue weighted by atomic mass is 32.2. The van der Waals surface area contributed by atoms with Gasteiger partial charge in [0.1, 0.15) is 11.5 Å². The Hall–Kier alpha value is -3.47. The third-order valence-corrected chi connectivity index (χ3v) is 8.87.